The van der Waals surface area contributed by atoms with Crippen LogP contribution in [0.2, 0.25) is 0 Å². The molecule has 0 aliphatic heterocycles. The number of aldehydes is 1. The summed E-state index contributed by atoms with van der Waals surface area (Å²) < 4.78 is 4.57. The zero-order valence-corrected chi connectivity index (χ0v) is 6.02. The third-order valence-electron chi connectivity index (χ3n) is 0.955. The van der Waals surface area contributed by atoms with Crippen molar-refractivity contribution in [2.75, 3.05) is 13.2 Å². The molecule has 11 heavy (non-hydrogen) atoms. The topological polar surface area (TPSA) is 85.2 Å². The first-order valence-electron chi connectivity index (χ1n) is 2.89. The van der Waals surface area contributed by atoms with Crippen molar-refractivity contribution in [2.45, 2.75) is 12.6 Å². The molecule has 0 saturated heterocycles. The molecule has 6 nitrogen and oxygen atoms in total. The van der Waals surface area contributed by atoms with Gasteiger partial charge in [-0.15, -0.1) is 9.81 Å². The van der Waals surface area contributed by atoms with E-state index in [-0.39, 0.29) is 13.2 Å². The summed E-state index contributed by atoms with van der Waals surface area (Å²) in [7, 11) is 0. The van der Waals surface area contributed by atoms with E-state index in [1.54, 1.807) is 0 Å². The second-order valence-electron chi connectivity index (χ2n) is 2.08. The highest BCUT2D eigenvalue weighted by Gasteiger charge is 2.26. The fourth-order valence-electron chi connectivity index (χ4n) is 0.370. The number of hydrogen-bond acceptors (Lipinski definition) is 6. The van der Waals surface area contributed by atoms with Crippen molar-refractivity contribution in [3.63, 3.8) is 0 Å². The summed E-state index contributed by atoms with van der Waals surface area (Å²) in [6.07, 6.45) is 0.510. The predicted molar refractivity (Wildman–Crippen MR) is 36.9 cm³/mol. The summed E-state index contributed by atoms with van der Waals surface area (Å²) in [5.41, 5.74) is -1.61. The molecule has 0 heterocycles. The molecule has 0 unspecified atom stereocenters. The Morgan fingerprint density at radius 3 is 2.36 bits per heavy atom. The maximum Gasteiger partial charge on any atom is 0.252 e. The largest absolute Gasteiger partial charge is 0.369 e. The molecule has 0 atom stereocenters. The van der Waals surface area contributed by atoms with E-state index in [4.69, 9.17) is 0 Å². The molecule has 0 amide bonds. The SMILES string of the molecule is CC(COCC=O)(N=O)N=O. The molecule has 0 spiro atoms. The summed E-state index contributed by atoms with van der Waals surface area (Å²) >= 11 is 0. The van der Waals surface area contributed by atoms with Crippen molar-refractivity contribution in [2.24, 2.45) is 10.4 Å². The Labute approximate surface area is 62.9 Å². The molecular formula is C5H8N2O4. The Hall–Kier alpha value is -1.17. The molecule has 6 heteroatoms. The van der Waals surface area contributed by atoms with Crippen molar-refractivity contribution in [1.29, 1.82) is 0 Å². The lowest BCUT2D eigenvalue weighted by Gasteiger charge is -2.09. The van der Waals surface area contributed by atoms with Gasteiger partial charge >= 0.3 is 0 Å². The monoisotopic (exact) mass is 160 g/mol. The summed E-state index contributed by atoms with van der Waals surface area (Å²) in [5.74, 6) is 0. The standard InChI is InChI=1S/C5H8N2O4/c1-5(6-9,7-10)4-11-3-2-8/h2H,3-4H2,1H3. The van der Waals surface area contributed by atoms with Crippen LogP contribution in [0.4, 0.5) is 0 Å². The van der Waals surface area contributed by atoms with Crippen LogP contribution in [-0.4, -0.2) is 25.2 Å². The quantitative estimate of drug-likeness (QED) is 0.320. The highest BCUT2D eigenvalue weighted by atomic mass is 16.5. The van der Waals surface area contributed by atoms with Crippen molar-refractivity contribution in [3.05, 3.63) is 9.81 Å². The molecular weight excluding hydrogens is 152 g/mol. The molecule has 0 N–H and O–H groups in total. The van der Waals surface area contributed by atoms with E-state index in [1.807, 2.05) is 0 Å². The molecule has 0 aliphatic rings. The van der Waals surface area contributed by atoms with E-state index in [0.29, 0.717) is 6.29 Å². The third-order valence-corrected chi connectivity index (χ3v) is 0.955. The average Bonchev–Trinajstić information content (AvgIpc) is 2.05. The number of carbonyl (C=O) groups excluding carboxylic acids is 1. The van der Waals surface area contributed by atoms with Gasteiger partial charge in [-0.2, -0.15) is 0 Å². The molecule has 0 radical (unpaired) electrons. The number of nitrogens with zero attached hydrogens (tertiary/aromatic N) is 2. The second kappa shape index (κ2) is 4.62. The Morgan fingerprint density at radius 2 is 2.00 bits per heavy atom. The number of nitroso groups, excluding NO2 is 2. The highest BCUT2D eigenvalue weighted by Crippen LogP contribution is 2.10. The molecule has 0 bridgehead atoms. The van der Waals surface area contributed by atoms with Crippen LogP contribution in [0, 0.1) is 9.81 Å². The van der Waals surface area contributed by atoms with Gasteiger partial charge in [0.15, 0.2) is 0 Å². The van der Waals surface area contributed by atoms with Gasteiger partial charge in [-0.1, -0.05) is 0 Å². The summed E-state index contributed by atoms with van der Waals surface area (Å²) in [6.45, 7) is 0.789. The molecule has 0 aromatic carbocycles. The van der Waals surface area contributed by atoms with Crippen LogP contribution >= 0.6 is 0 Å². The van der Waals surface area contributed by atoms with Crippen LogP contribution in [0.1, 0.15) is 6.92 Å². The highest BCUT2D eigenvalue weighted by molar-refractivity contribution is 5.50. The summed E-state index contributed by atoms with van der Waals surface area (Å²) in [5, 5.41) is 4.88. The van der Waals surface area contributed by atoms with Crippen LogP contribution in [0.3, 0.4) is 0 Å². The number of ether oxygens (including phenoxy) is 1. The van der Waals surface area contributed by atoms with Gasteiger partial charge in [-0.25, -0.2) is 0 Å². The minimum absolute atomic E-state index is 0.166. The van der Waals surface area contributed by atoms with Crippen LogP contribution in [0.15, 0.2) is 10.4 Å². The van der Waals surface area contributed by atoms with Crippen molar-refractivity contribution >= 4 is 6.29 Å². The smallest absolute Gasteiger partial charge is 0.252 e. The van der Waals surface area contributed by atoms with Gasteiger partial charge in [0.1, 0.15) is 12.9 Å². The first-order valence-corrected chi connectivity index (χ1v) is 2.89. The third kappa shape index (κ3) is 3.51. The van der Waals surface area contributed by atoms with Gasteiger partial charge in [0.25, 0.3) is 5.66 Å². The second-order valence-corrected chi connectivity index (χ2v) is 2.08. The van der Waals surface area contributed by atoms with Gasteiger partial charge in [0.05, 0.1) is 6.61 Å². The molecule has 0 aliphatic carbocycles. The summed E-state index contributed by atoms with van der Waals surface area (Å²) in [6, 6.07) is 0. The normalized spacial score (nSPS) is 10.6. The van der Waals surface area contributed by atoms with E-state index < -0.39 is 5.66 Å². The molecule has 0 aromatic heterocycles. The fraction of sp³-hybridized carbons (Fsp3) is 0.800. The molecule has 0 rings (SSSR count). The fourth-order valence-corrected chi connectivity index (χ4v) is 0.370. The van der Waals surface area contributed by atoms with Crippen molar-refractivity contribution in [1.82, 2.24) is 0 Å². The van der Waals surface area contributed by atoms with Gasteiger partial charge in [-0.3, -0.25) is 0 Å². The van der Waals surface area contributed by atoms with Gasteiger partial charge in [0, 0.05) is 0 Å². The number of hydrogen-bond donors (Lipinski definition) is 0. The Kier molecular flexibility index (Phi) is 4.12. The van der Waals surface area contributed by atoms with Gasteiger partial charge < -0.3 is 9.53 Å². The molecule has 0 aromatic rings. The lowest BCUT2D eigenvalue weighted by molar-refractivity contribution is -0.112. The zero-order valence-electron chi connectivity index (χ0n) is 6.02. The number of carbonyl (C=O) groups is 1. The van der Waals surface area contributed by atoms with Crippen LogP contribution < -0.4 is 0 Å². The van der Waals surface area contributed by atoms with E-state index in [0.717, 1.165) is 0 Å². The molecule has 0 fully saturated rings. The lowest BCUT2D eigenvalue weighted by Crippen LogP contribution is -2.25. The molecule has 0 saturated carbocycles. The maximum atomic E-state index is 9.94. The minimum Gasteiger partial charge on any atom is -0.369 e. The summed E-state index contributed by atoms with van der Waals surface area (Å²) in [4.78, 5) is 29.6. The molecule has 62 valence electrons. The van der Waals surface area contributed by atoms with Crippen LogP contribution in [0.25, 0.3) is 0 Å². The predicted octanol–water partition coefficient (Wildman–Crippen LogP) is 0.451. The Balaban J connectivity index is 3.77. The maximum absolute atomic E-state index is 9.94. The zero-order chi connectivity index (χ0) is 8.74. The number of rotatable bonds is 6. The van der Waals surface area contributed by atoms with E-state index in [9.17, 15) is 14.6 Å². The van der Waals surface area contributed by atoms with E-state index >= 15 is 0 Å². The Morgan fingerprint density at radius 1 is 1.45 bits per heavy atom. The lowest BCUT2D eigenvalue weighted by atomic mass is 10.3. The van der Waals surface area contributed by atoms with Gasteiger partial charge in [0.2, 0.25) is 0 Å². The van der Waals surface area contributed by atoms with Crippen molar-refractivity contribution in [3.8, 4) is 0 Å². The van der Waals surface area contributed by atoms with Crippen LogP contribution in [0.5, 0.6) is 0 Å². The van der Waals surface area contributed by atoms with Gasteiger partial charge in [-0.05, 0) is 17.3 Å². The first-order chi connectivity index (χ1) is 5.18. The van der Waals surface area contributed by atoms with Crippen molar-refractivity contribution < 1.29 is 9.53 Å². The van der Waals surface area contributed by atoms with E-state index in [2.05, 4.69) is 15.1 Å². The average molecular weight is 160 g/mol. The van der Waals surface area contributed by atoms with Crippen LogP contribution in [-0.2, 0) is 9.53 Å². The minimum atomic E-state index is -1.61. The van der Waals surface area contributed by atoms with E-state index in [1.165, 1.54) is 6.92 Å². The Bertz CT molecular complexity index is 151. The first kappa shape index (κ1) is 9.83.